The van der Waals surface area contributed by atoms with Crippen molar-refractivity contribution in [1.29, 1.82) is 0 Å². The van der Waals surface area contributed by atoms with Gasteiger partial charge in [-0.3, -0.25) is 9.48 Å². The third kappa shape index (κ3) is 3.79. The van der Waals surface area contributed by atoms with Gasteiger partial charge in [-0.05, 0) is 43.9 Å². The SMILES string of the molecule is CCCn1cc(C(=O)N2CCC[C@H](c3ccc(C(=O)O)cc3)C2)c(C)n1. The highest BCUT2D eigenvalue weighted by Crippen LogP contribution is 2.28. The largest absolute Gasteiger partial charge is 0.478 e. The second-order valence-corrected chi connectivity index (χ2v) is 6.91. The lowest BCUT2D eigenvalue weighted by Gasteiger charge is -2.33. The normalized spacial score (nSPS) is 17.3. The molecule has 0 unspecified atom stereocenters. The zero-order valence-electron chi connectivity index (χ0n) is 15.3. The summed E-state index contributed by atoms with van der Waals surface area (Å²) in [5.41, 5.74) is 2.83. The molecule has 0 bridgehead atoms. The van der Waals surface area contributed by atoms with Gasteiger partial charge in [-0.1, -0.05) is 19.1 Å². The monoisotopic (exact) mass is 355 g/mol. The molecule has 0 aliphatic carbocycles. The van der Waals surface area contributed by atoms with Crippen molar-refractivity contribution in [3.05, 3.63) is 52.8 Å². The van der Waals surface area contributed by atoms with Gasteiger partial charge in [0, 0.05) is 31.7 Å². The van der Waals surface area contributed by atoms with Crippen LogP contribution in [0.4, 0.5) is 0 Å². The van der Waals surface area contributed by atoms with Crippen LogP contribution < -0.4 is 0 Å². The Morgan fingerprint density at radius 2 is 2.00 bits per heavy atom. The lowest BCUT2D eigenvalue weighted by atomic mass is 9.90. The second-order valence-electron chi connectivity index (χ2n) is 6.91. The minimum Gasteiger partial charge on any atom is -0.478 e. The van der Waals surface area contributed by atoms with E-state index in [2.05, 4.69) is 12.0 Å². The number of rotatable bonds is 5. The van der Waals surface area contributed by atoms with Crippen molar-refractivity contribution < 1.29 is 14.7 Å². The number of carboxylic acids is 1. The van der Waals surface area contributed by atoms with Crippen LogP contribution in [-0.4, -0.2) is 44.8 Å². The Hall–Kier alpha value is -2.63. The first kappa shape index (κ1) is 18.2. The quantitative estimate of drug-likeness (QED) is 0.893. The maximum atomic E-state index is 13.0. The number of aromatic carboxylic acids is 1. The number of carboxylic acid groups (broad SMARTS) is 1. The van der Waals surface area contributed by atoms with E-state index in [-0.39, 0.29) is 17.4 Å². The van der Waals surface area contributed by atoms with Crippen LogP contribution in [0, 0.1) is 6.92 Å². The maximum absolute atomic E-state index is 13.0. The van der Waals surface area contributed by atoms with Gasteiger partial charge in [0.2, 0.25) is 0 Å². The van der Waals surface area contributed by atoms with Gasteiger partial charge < -0.3 is 10.0 Å². The molecule has 6 heteroatoms. The summed E-state index contributed by atoms with van der Waals surface area (Å²) in [6.45, 7) is 6.19. The van der Waals surface area contributed by atoms with Crippen LogP contribution in [0.3, 0.4) is 0 Å². The Morgan fingerprint density at radius 1 is 1.27 bits per heavy atom. The maximum Gasteiger partial charge on any atom is 0.335 e. The third-order valence-corrected chi connectivity index (χ3v) is 4.97. The minimum atomic E-state index is -0.920. The molecule has 2 heterocycles. The van der Waals surface area contributed by atoms with Crippen molar-refractivity contribution in [1.82, 2.24) is 14.7 Å². The minimum absolute atomic E-state index is 0.0386. The van der Waals surface area contributed by atoms with E-state index in [1.54, 1.807) is 12.1 Å². The highest BCUT2D eigenvalue weighted by atomic mass is 16.4. The van der Waals surface area contributed by atoms with Crippen molar-refractivity contribution in [2.75, 3.05) is 13.1 Å². The van der Waals surface area contributed by atoms with E-state index in [4.69, 9.17) is 5.11 Å². The molecule has 0 radical (unpaired) electrons. The van der Waals surface area contributed by atoms with E-state index in [0.717, 1.165) is 43.6 Å². The van der Waals surface area contributed by atoms with E-state index in [1.165, 1.54) is 0 Å². The molecule has 2 aromatic rings. The van der Waals surface area contributed by atoms with Gasteiger partial charge in [-0.15, -0.1) is 0 Å². The fraction of sp³-hybridized carbons (Fsp3) is 0.450. The average Bonchev–Trinajstić information content (AvgIpc) is 3.02. The predicted octanol–water partition coefficient (Wildman–Crippen LogP) is 3.32. The molecule has 0 spiro atoms. The van der Waals surface area contributed by atoms with E-state index in [9.17, 15) is 9.59 Å². The lowest BCUT2D eigenvalue weighted by molar-refractivity contribution is 0.0693. The summed E-state index contributed by atoms with van der Waals surface area (Å²) in [6.07, 6.45) is 4.78. The number of piperidine rings is 1. The average molecular weight is 355 g/mol. The van der Waals surface area contributed by atoms with Gasteiger partial charge in [0.25, 0.3) is 5.91 Å². The highest BCUT2D eigenvalue weighted by Gasteiger charge is 2.27. The van der Waals surface area contributed by atoms with E-state index in [0.29, 0.717) is 12.1 Å². The Labute approximate surface area is 153 Å². The van der Waals surface area contributed by atoms with Gasteiger partial charge in [0.05, 0.1) is 16.8 Å². The molecule has 1 amide bonds. The molecular weight excluding hydrogens is 330 g/mol. The molecule has 1 aliphatic heterocycles. The first-order chi connectivity index (χ1) is 12.5. The van der Waals surface area contributed by atoms with E-state index in [1.807, 2.05) is 34.8 Å². The molecule has 1 saturated heterocycles. The van der Waals surface area contributed by atoms with Crippen molar-refractivity contribution in [2.24, 2.45) is 0 Å². The third-order valence-electron chi connectivity index (χ3n) is 4.97. The Bertz CT molecular complexity index is 795. The van der Waals surface area contributed by atoms with E-state index < -0.39 is 5.97 Å². The fourth-order valence-electron chi connectivity index (χ4n) is 3.57. The van der Waals surface area contributed by atoms with Crippen molar-refractivity contribution >= 4 is 11.9 Å². The Morgan fingerprint density at radius 3 is 2.65 bits per heavy atom. The van der Waals surface area contributed by atoms with Gasteiger partial charge >= 0.3 is 5.97 Å². The molecule has 138 valence electrons. The number of hydrogen-bond donors (Lipinski definition) is 1. The Kier molecular flexibility index (Phi) is 5.40. The smallest absolute Gasteiger partial charge is 0.335 e. The van der Waals surface area contributed by atoms with Crippen LogP contribution in [-0.2, 0) is 6.54 Å². The molecule has 0 saturated carbocycles. The zero-order valence-corrected chi connectivity index (χ0v) is 15.3. The number of carbonyl (C=O) groups is 2. The highest BCUT2D eigenvalue weighted by molar-refractivity contribution is 5.95. The number of benzene rings is 1. The number of amides is 1. The van der Waals surface area contributed by atoms with Crippen LogP contribution in [0.5, 0.6) is 0 Å². The number of aromatic nitrogens is 2. The number of aryl methyl sites for hydroxylation is 2. The number of hydrogen-bond acceptors (Lipinski definition) is 3. The molecule has 6 nitrogen and oxygen atoms in total. The second kappa shape index (κ2) is 7.72. The first-order valence-electron chi connectivity index (χ1n) is 9.16. The summed E-state index contributed by atoms with van der Waals surface area (Å²) in [7, 11) is 0. The molecule has 1 N–H and O–H groups in total. The lowest BCUT2D eigenvalue weighted by Crippen LogP contribution is -2.39. The molecule has 1 aromatic carbocycles. The van der Waals surface area contributed by atoms with Crippen LogP contribution >= 0.6 is 0 Å². The zero-order chi connectivity index (χ0) is 18.7. The van der Waals surface area contributed by atoms with Crippen LogP contribution in [0.15, 0.2) is 30.5 Å². The molecule has 1 aliphatic rings. The number of carbonyl (C=O) groups excluding carboxylic acids is 1. The molecule has 3 rings (SSSR count). The molecule has 26 heavy (non-hydrogen) atoms. The van der Waals surface area contributed by atoms with Crippen LogP contribution in [0.25, 0.3) is 0 Å². The summed E-state index contributed by atoms with van der Waals surface area (Å²) >= 11 is 0. The standard InChI is InChI=1S/C20H25N3O3/c1-3-10-23-13-18(14(2)21-23)19(24)22-11-4-5-17(12-22)15-6-8-16(9-7-15)20(25)26/h6-9,13,17H,3-5,10-12H2,1-2H3,(H,25,26)/t17-/m0/s1. The fourth-order valence-corrected chi connectivity index (χ4v) is 3.57. The Balaban J connectivity index is 1.73. The number of nitrogens with zero attached hydrogens (tertiary/aromatic N) is 3. The van der Waals surface area contributed by atoms with Gasteiger partial charge in [0.15, 0.2) is 0 Å². The van der Waals surface area contributed by atoms with Crippen molar-refractivity contribution in [2.45, 2.75) is 45.6 Å². The topological polar surface area (TPSA) is 75.4 Å². The van der Waals surface area contributed by atoms with Crippen LogP contribution in [0.1, 0.15) is 64.1 Å². The molecule has 1 atom stereocenters. The van der Waals surface area contributed by atoms with E-state index >= 15 is 0 Å². The van der Waals surface area contributed by atoms with Gasteiger partial charge in [0.1, 0.15) is 0 Å². The summed E-state index contributed by atoms with van der Waals surface area (Å²) in [5.74, 6) is -0.644. The number of likely N-dealkylation sites (tertiary alicyclic amines) is 1. The molecule has 1 aromatic heterocycles. The van der Waals surface area contributed by atoms with Gasteiger partial charge in [-0.2, -0.15) is 5.10 Å². The predicted molar refractivity (Wildman–Crippen MR) is 98.5 cm³/mol. The molecule has 1 fully saturated rings. The van der Waals surface area contributed by atoms with Crippen molar-refractivity contribution in [3.63, 3.8) is 0 Å². The first-order valence-corrected chi connectivity index (χ1v) is 9.16. The summed E-state index contributed by atoms with van der Waals surface area (Å²) in [6, 6.07) is 7.01. The van der Waals surface area contributed by atoms with Crippen LogP contribution in [0.2, 0.25) is 0 Å². The van der Waals surface area contributed by atoms with Crippen molar-refractivity contribution in [3.8, 4) is 0 Å². The van der Waals surface area contributed by atoms with Gasteiger partial charge in [-0.25, -0.2) is 4.79 Å². The molecular formula is C20H25N3O3. The summed E-state index contributed by atoms with van der Waals surface area (Å²) < 4.78 is 1.84. The summed E-state index contributed by atoms with van der Waals surface area (Å²) in [4.78, 5) is 25.9. The summed E-state index contributed by atoms with van der Waals surface area (Å²) in [5, 5.41) is 13.5.